The first-order valence-corrected chi connectivity index (χ1v) is 9.51. The topological polar surface area (TPSA) is 23.6 Å². The van der Waals surface area contributed by atoms with Crippen LogP contribution in [0.5, 0.6) is 0 Å². The van der Waals surface area contributed by atoms with Crippen LogP contribution in [0, 0.1) is 0 Å². The van der Waals surface area contributed by atoms with Crippen LogP contribution in [0.4, 0.5) is 5.69 Å². The number of hydrogen-bond acceptors (Lipinski definition) is 2. The van der Waals surface area contributed by atoms with E-state index in [0.29, 0.717) is 0 Å². The van der Waals surface area contributed by atoms with E-state index < -0.39 is 0 Å². The molecule has 27 heavy (non-hydrogen) atoms. The fourth-order valence-electron chi connectivity index (χ4n) is 3.81. The molecule has 1 unspecified atom stereocenters. The maximum absolute atomic E-state index is 13.3. The van der Waals surface area contributed by atoms with Crippen LogP contribution in [0.15, 0.2) is 91.0 Å². The van der Waals surface area contributed by atoms with Crippen LogP contribution in [-0.4, -0.2) is 29.9 Å². The average Bonchev–Trinajstić information content (AvgIpc) is 3.18. The van der Waals surface area contributed by atoms with Gasteiger partial charge >= 0.3 is 0 Å². The van der Waals surface area contributed by atoms with Crippen molar-refractivity contribution in [2.45, 2.75) is 19.0 Å². The molecule has 0 N–H and O–H groups in total. The van der Waals surface area contributed by atoms with Crippen molar-refractivity contribution in [3.8, 4) is 0 Å². The quantitative estimate of drug-likeness (QED) is 0.667. The number of hydrogen-bond donors (Lipinski definition) is 0. The first kappa shape index (κ1) is 17.5. The summed E-state index contributed by atoms with van der Waals surface area (Å²) >= 11 is 0. The molecule has 3 aromatic rings. The number of carbonyl (C=O) groups excluding carboxylic acids is 1. The second-order valence-electron chi connectivity index (χ2n) is 7.04. The van der Waals surface area contributed by atoms with Gasteiger partial charge in [-0.05, 0) is 36.2 Å². The summed E-state index contributed by atoms with van der Waals surface area (Å²) in [6.07, 6.45) is 0.986. The smallest absolute Gasteiger partial charge is 0.258 e. The molecule has 4 rings (SSSR count). The molecule has 136 valence electrons. The Morgan fingerprint density at radius 2 is 1.44 bits per heavy atom. The van der Waals surface area contributed by atoms with Gasteiger partial charge in [0.05, 0.1) is 6.04 Å². The van der Waals surface area contributed by atoms with Gasteiger partial charge in [-0.15, -0.1) is 0 Å². The minimum absolute atomic E-state index is 0.0772. The zero-order valence-corrected chi connectivity index (χ0v) is 15.4. The van der Waals surface area contributed by atoms with E-state index in [0.717, 1.165) is 37.3 Å². The van der Waals surface area contributed by atoms with Crippen LogP contribution in [0.2, 0.25) is 0 Å². The molecule has 3 aromatic carbocycles. The van der Waals surface area contributed by atoms with E-state index in [4.69, 9.17) is 0 Å². The van der Waals surface area contributed by atoms with Crippen molar-refractivity contribution in [3.05, 3.63) is 102 Å². The van der Waals surface area contributed by atoms with Crippen LogP contribution in [0.25, 0.3) is 0 Å². The zero-order chi connectivity index (χ0) is 18.5. The Morgan fingerprint density at radius 3 is 2.11 bits per heavy atom. The fraction of sp³-hybridized carbons (Fsp3) is 0.208. The standard InChI is InChI=1S/C24H24N2O/c27-24(21-12-6-2-7-13-21)26(22-14-8-3-9-15-22)23-16-17-25(19-23)18-20-10-4-1-5-11-20/h1-15,23H,16-19H2. The van der Waals surface area contributed by atoms with E-state index in [1.54, 1.807) is 0 Å². The highest BCUT2D eigenvalue weighted by Gasteiger charge is 2.32. The summed E-state index contributed by atoms with van der Waals surface area (Å²) < 4.78 is 0. The summed E-state index contributed by atoms with van der Waals surface area (Å²) in [6, 6.07) is 30.4. The van der Waals surface area contributed by atoms with Crippen LogP contribution >= 0.6 is 0 Å². The minimum Gasteiger partial charge on any atom is -0.304 e. The molecule has 1 atom stereocenters. The lowest BCUT2D eigenvalue weighted by Gasteiger charge is -2.29. The molecule has 0 saturated carbocycles. The van der Waals surface area contributed by atoms with Crippen LogP contribution in [-0.2, 0) is 6.54 Å². The fourth-order valence-corrected chi connectivity index (χ4v) is 3.81. The van der Waals surface area contributed by atoms with Crippen molar-refractivity contribution < 1.29 is 4.79 Å². The first-order valence-electron chi connectivity index (χ1n) is 9.51. The van der Waals surface area contributed by atoms with Crippen molar-refractivity contribution in [1.29, 1.82) is 0 Å². The largest absolute Gasteiger partial charge is 0.304 e. The van der Waals surface area contributed by atoms with E-state index in [9.17, 15) is 4.79 Å². The lowest BCUT2D eigenvalue weighted by Crippen LogP contribution is -2.42. The molecule has 1 saturated heterocycles. The Balaban J connectivity index is 1.55. The molecule has 1 heterocycles. The second kappa shape index (κ2) is 8.19. The maximum Gasteiger partial charge on any atom is 0.258 e. The molecule has 1 fully saturated rings. The molecule has 3 nitrogen and oxygen atoms in total. The number of carbonyl (C=O) groups is 1. The Morgan fingerprint density at radius 1 is 0.852 bits per heavy atom. The van der Waals surface area contributed by atoms with Gasteiger partial charge in [-0.2, -0.15) is 0 Å². The van der Waals surface area contributed by atoms with Gasteiger partial charge in [0.25, 0.3) is 5.91 Å². The van der Waals surface area contributed by atoms with E-state index >= 15 is 0 Å². The summed E-state index contributed by atoms with van der Waals surface area (Å²) in [5.41, 5.74) is 3.03. The highest BCUT2D eigenvalue weighted by atomic mass is 16.2. The van der Waals surface area contributed by atoms with Gasteiger partial charge in [0.2, 0.25) is 0 Å². The van der Waals surface area contributed by atoms with Crippen LogP contribution in [0.3, 0.4) is 0 Å². The van der Waals surface area contributed by atoms with Crippen molar-refractivity contribution in [3.63, 3.8) is 0 Å². The predicted octanol–water partition coefficient (Wildman–Crippen LogP) is 4.61. The van der Waals surface area contributed by atoms with E-state index in [-0.39, 0.29) is 11.9 Å². The highest BCUT2D eigenvalue weighted by molar-refractivity contribution is 6.06. The Kier molecular flexibility index (Phi) is 5.31. The van der Waals surface area contributed by atoms with Crippen molar-refractivity contribution >= 4 is 11.6 Å². The molecule has 0 bridgehead atoms. The lowest BCUT2D eigenvalue weighted by atomic mass is 10.1. The van der Waals surface area contributed by atoms with Gasteiger partial charge in [-0.25, -0.2) is 0 Å². The highest BCUT2D eigenvalue weighted by Crippen LogP contribution is 2.26. The number of nitrogens with zero attached hydrogens (tertiary/aromatic N) is 2. The number of rotatable bonds is 5. The molecule has 0 aromatic heterocycles. The average molecular weight is 356 g/mol. The van der Waals surface area contributed by atoms with Gasteiger partial charge in [-0.3, -0.25) is 9.69 Å². The van der Waals surface area contributed by atoms with Crippen molar-refractivity contribution in [2.24, 2.45) is 0 Å². The van der Waals surface area contributed by atoms with Crippen LogP contribution < -0.4 is 4.90 Å². The molecule has 1 aliphatic rings. The lowest BCUT2D eigenvalue weighted by molar-refractivity contribution is 0.0977. The third-order valence-corrected chi connectivity index (χ3v) is 5.14. The van der Waals surface area contributed by atoms with Gasteiger partial charge in [0.1, 0.15) is 0 Å². The predicted molar refractivity (Wildman–Crippen MR) is 110 cm³/mol. The summed E-state index contributed by atoms with van der Waals surface area (Å²) in [5, 5.41) is 0. The molecule has 0 spiro atoms. The minimum atomic E-state index is 0.0772. The molecule has 3 heteroatoms. The Bertz CT molecular complexity index is 865. The van der Waals surface area contributed by atoms with E-state index in [2.05, 4.69) is 29.2 Å². The van der Waals surface area contributed by atoms with Gasteiger partial charge < -0.3 is 4.90 Å². The number of amides is 1. The Hall–Kier alpha value is -2.91. The number of para-hydroxylation sites is 1. The van der Waals surface area contributed by atoms with Gasteiger partial charge in [0, 0.05) is 30.9 Å². The third kappa shape index (κ3) is 4.09. The van der Waals surface area contributed by atoms with Crippen molar-refractivity contribution in [1.82, 2.24) is 4.90 Å². The molecular formula is C24H24N2O. The second-order valence-corrected chi connectivity index (χ2v) is 7.04. The molecule has 1 amide bonds. The SMILES string of the molecule is O=C(c1ccccc1)N(c1ccccc1)C1CCN(Cc2ccccc2)C1. The van der Waals surface area contributed by atoms with Gasteiger partial charge in [-0.1, -0.05) is 66.7 Å². The maximum atomic E-state index is 13.3. The number of anilines is 1. The summed E-state index contributed by atoms with van der Waals surface area (Å²) in [4.78, 5) is 17.7. The van der Waals surface area contributed by atoms with E-state index in [1.807, 2.05) is 71.6 Å². The first-order chi connectivity index (χ1) is 13.3. The molecule has 0 radical (unpaired) electrons. The third-order valence-electron chi connectivity index (χ3n) is 5.14. The molecule has 0 aliphatic carbocycles. The summed E-state index contributed by atoms with van der Waals surface area (Å²) in [6.45, 7) is 2.83. The number of benzene rings is 3. The van der Waals surface area contributed by atoms with Gasteiger partial charge in [0.15, 0.2) is 0 Å². The molecular weight excluding hydrogens is 332 g/mol. The zero-order valence-electron chi connectivity index (χ0n) is 15.4. The monoisotopic (exact) mass is 356 g/mol. The normalized spacial score (nSPS) is 17.0. The summed E-state index contributed by atoms with van der Waals surface area (Å²) in [5.74, 6) is 0.0772. The summed E-state index contributed by atoms with van der Waals surface area (Å²) in [7, 11) is 0. The number of likely N-dealkylation sites (tertiary alicyclic amines) is 1. The van der Waals surface area contributed by atoms with E-state index in [1.165, 1.54) is 5.56 Å². The van der Waals surface area contributed by atoms with Crippen molar-refractivity contribution in [2.75, 3.05) is 18.0 Å². The Labute approximate surface area is 160 Å². The molecule has 1 aliphatic heterocycles. The van der Waals surface area contributed by atoms with Crippen LogP contribution in [0.1, 0.15) is 22.3 Å².